The molecule has 6 nitrogen and oxygen atoms in total. The number of halogens is 3. The maximum atomic E-state index is 13.8. The summed E-state index contributed by atoms with van der Waals surface area (Å²) < 4.78 is 47.5. The van der Waals surface area contributed by atoms with Crippen LogP contribution in [-0.2, 0) is 24.2 Å². The Kier molecular flexibility index (Phi) is 5.75. The highest BCUT2D eigenvalue weighted by atomic mass is 19.4. The molecule has 31 heavy (non-hydrogen) atoms. The van der Waals surface area contributed by atoms with Crippen LogP contribution in [0.2, 0.25) is 0 Å². The van der Waals surface area contributed by atoms with Gasteiger partial charge in [-0.1, -0.05) is 31.2 Å². The Morgan fingerprint density at radius 1 is 1.29 bits per heavy atom. The molecular formula is C22H23F3N4O2. The predicted molar refractivity (Wildman–Crippen MR) is 108 cm³/mol. The molecule has 4 rings (SSSR count). The van der Waals surface area contributed by atoms with Crippen LogP contribution in [0.15, 0.2) is 53.3 Å². The van der Waals surface area contributed by atoms with Crippen molar-refractivity contribution in [3.8, 4) is 0 Å². The molecule has 0 saturated carbocycles. The first-order valence-electron chi connectivity index (χ1n) is 10.1. The maximum Gasteiger partial charge on any atom is 0.410 e. The number of nitrogens with one attached hydrogen (secondary N) is 2. The van der Waals surface area contributed by atoms with Crippen LogP contribution < -0.4 is 10.6 Å². The molecule has 9 heteroatoms. The van der Waals surface area contributed by atoms with E-state index in [0.29, 0.717) is 11.3 Å². The molecule has 0 fully saturated rings. The van der Waals surface area contributed by atoms with Crippen molar-refractivity contribution in [3.05, 3.63) is 71.3 Å². The van der Waals surface area contributed by atoms with Gasteiger partial charge < -0.3 is 15.1 Å². The lowest BCUT2D eigenvalue weighted by molar-refractivity contribution is -0.173. The summed E-state index contributed by atoms with van der Waals surface area (Å²) in [5, 5.41) is 9.84. The van der Waals surface area contributed by atoms with Gasteiger partial charge in [0, 0.05) is 12.0 Å². The Balaban J connectivity index is 1.56. The summed E-state index contributed by atoms with van der Waals surface area (Å²) in [5.41, 5.74) is 2.30. The van der Waals surface area contributed by atoms with Crippen molar-refractivity contribution in [1.82, 2.24) is 15.1 Å². The van der Waals surface area contributed by atoms with Gasteiger partial charge >= 0.3 is 6.18 Å². The number of aromatic nitrogens is 2. The van der Waals surface area contributed by atoms with Crippen LogP contribution in [0, 0.1) is 0 Å². The molecule has 164 valence electrons. The average Bonchev–Trinajstić information content (AvgIpc) is 3.41. The number of nitrogens with zero attached hydrogens (tertiary/aromatic N) is 2. The molecule has 3 aromatic rings. The number of aryl methyl sites for hydroxylation is 1. The summed E-state index contributed by atoms with van der Waals surface area (Å²) in [5.74, 6) is 0.495. The van der Waals surface area contributed by atoms with Crippen LogP contribution in [0.1, 0.15) is 47.9 Å². The highest BCUT2D eigenvalue weighted by molar-refractivity contribution is 5.80. The van der Waals surface area contributed by atoms with E-state index < -0.39 is 18.3 Å². The molecule has 0 aliphatic carbocycles. The molecule has 1 amide bonds. The zero-order valence-electron chi connectivity index (χ0n) is 16.9. The van der Waals surface area contributed by atoms with Crippen LogP contribution in [0.3, 0.4) is 0 Å². The first kappa shape index (κ1) is 21.0. The monoisotopic (exact) mass is 432 g/mol. The molecule has 1 aromatic carbocycles. The van der Waals surface area contributed by atoms with Crippen LogP contribution in [-0.4, -0.2) is 21.9 Å². The predicted octanol–water partition coefficient (Wildman–Crippen LogP) is 4.56. The lowest BCUT2D eigenvalue weighted by Gasteiger charge is -2.34. The first-order chi connectivity index (χ1) is 14.8. The van der Waals surface area contributed by atoms with Gasteiger partial charge in [-0.3, -0.25) is 4.79 Å². The topological polar surface area (TPSA) is 72.1 Å². The number of alkyl halides is 3. The molecule has 1 aliphatic rings. The second kappa shape index (κ2) is 8.49. The zero-order valence-corrected chi connectivity index (χ0v) is 16.9. The van der Waals surface area contributed by atoms with Crippen LogP contribution in [0.5, 0.6) is 0 Å². The van der Waals surface area contributed by atoms with E-state index in [2.05, 4.69) is 15.7 Å². The van der Waals surface area contributed by atoms with Crippen molar-refractivity contribution >= 4 is 11.7 Å². The number of hydrogen-bond donors (Lipinski definition) is 2. The number of carbonyl (C=O) groups is 1. The largest absolute Gasteiger partial charge is 0.467 e. The summed E-state index contributed by atoms with van der Waals surface area (Å²) in [4.78, 5) is 12.4. The minimum Gasteiger partial charge on any atom is -0.467 e. The van der Waals surface area contributed by atoms with Gasteiger partial charge in [0.15, 0.2) is 6.04 Å². The van der Waals surface area contributed by atoms with Crippen molar-refractivity contribution < 1.29 is 22.4 Å². The van der Waals surface area contributed by atoms with Gasteiger partial charge in [0.05, 0.1) is 31.5 Å². The fourth-order valence-electron chi connectivity index (χ4n) is 3.78. The van der Waals surface area contributed by atoms with E-state index in [9.17, 15) is 18.0 Å². The third kappa shape index (κ3) is 4.60. The Morgan fingerprint density at radius 2 is 2.06 bits per heavy atom. The molecule has 0 bridgehead atoms. The van der Waals surface area contributed by atoms with Gasteiger partial charge in [0.1, 0.15) is 11.6 Å². The Labute approximate surface area is 177 Å². The number of fused-ring (bicyclic) bond motifs is 1. The quantitative estimate of drug-likeness (QED) is 0.599. The van der Waals surface area contributed by atoms with Crippen molar-refractivity contribution in [1.29, 1.82) is 0 Å². The molecule has 2 atom stereocenters. The second-order valence-electron chi connectivity index (χ2n) is 7.58. The van der Waals surface area contributed by atoms with E-state index in [1.165, 1.54) is 12.5 Å². The number of benzene rings is 1. The normalized spacial score (nSPS) is 18.3. The second-order valence-corrected chi connectivity index (χ2v) is 7.58. The molecule has 2 aromatic heterocycles. The molecule has 0 radical (unpaired) electrons. The third-order valence-electron chi connectivity index (χ3n) is 5.50. The van der Waals surface area contributed by atoms with Gasteiger partial charge in [0.2, 0.25) is 5.91 Å². The zero-order chi connectivity index (χ0) is 22.0. The van der Waals surface area contributed by atoms with Gasteiger partial charge in [-0.25, -0.2) is 4.68 Å². The van der Waals surface area contributed by atoms with Crippen LogP contribution in [0.4, 0.5) is 19.0 Å². The van der Waals surface area contributed by atoms with E-state index in [1.54, 1.807) is 12.1 Å². The first-order valence-corrected chi connectivity index (χ1v) is 10.1. The Hall–Kier alpha value is -3.23. The number of anilines is 1. The molecular weight excluding hydrogens is 409 g/mol. The third-order valence-corrected chi connectivity index (χ3v) is 5.50. The van der Waals surface area contributed by atoms with E-state index >= 15 is 0 Å². The van der Waals surface area contributed by atoms with Crippen molar-refractivity contribution in [3.63, 3.8) is 0 Å². The van der Waals surface area contributed by atoms with E-state index in [4.69, 9.17) is 4.42 Å². The number of rotatable bonds is 6. The SMILES string of the molecule is CCc1ccc([C@H]2C[C@@H](C(F)(F)F)n3ncc(CC(=O)NCc4ccco4)c3N2)cc1. The van der Waals surface area contributed by atoms with Gasteiger partial charge in [-0.15, -0.1) is 0 Å². The fraction of sp³-hybridized carbons (Fsp3) is 0.364. The number of carbonyl (C=O) groups excluding carboxylic acids is 1. The van der Waals surface area contributed by atoms with Gasteiger partial charge in [-0.05, 0) is 29.7 Å². The summed E-state index contributed by atoms with van der Waals surface area (Å²) in [6.45, 7) is 2.23. The number of hydrogen-bond acceptors (Lipinski definition) is 4. The fourth-order valence-corrected chi connectivity index (χ4v) is 3.78. The van der Waals surface area contributed by atoms with Gasteiger partial charge in [-0.2, -0.15) is 18.3 Å². The number of furan rings is 1. The Morgan fingerprint density at radius 3 is 2.71 bits per heavy atom. The summed E-state index contributed by atoms with van der Waals surface area (Å²) in [6, 6.07) is 8.70. The molecule has 3 heterocycles. The molecule has 0 unspecified atom stereocenters. The lowest BCUT2D eigenvalue weighted by Crippen LogP contribution is -2.36. The summed E-state index contributed by atoms with van der Waals surface area (Å²) in [7, 11) is 0. The van der Waals surface area contributed by atoms with E-state index in [0.717, 1.165) is 22.2 Å². The lowest BCUT2D eigenvalue weighted by atomic mass is 9.95. The Bertz CT molecular complexity index is 1030. The highest BCUT2D eigenvalue weighted by Crippen LogP contribution is 2.44. The highest BCUT2D eigenvalue weighted by Gasteiger charge is 2.46. The van der Waals surface area contributed by atoms with Crippen molar-refractivity contribution in [2.24, 2.45) is 0 Å². The smallest absolute Gasteiger partial charge is 0.410 e. The maximum absolute atomic E-state index is 13.8. The van der Waals surface area contributed by atoms with Gasteiger partial charge in [0.25, 0.3) is 0 Å². The minimum atomic E-state index is -4.46. The van der Waals surface area contributed by atoms with E-state index in [1.807, 2.05) is 31.2 Å². The van der Waals surface area contributed by atoms with Crippen molar-refractivity contribution in [2.45, 2.75) is 51.0 Å². The van der Waals surface area contributed by atoms with Crippen molar-refractivity contribution in [2.75, 3.05) is 5.32 Å². The molecule has 1 aliphatic heterocycles. The van der Waals surface area contributed by atoms with Crippen LogP contribution >= 0.6 is 0 Å². The molecule has 0 spiro atoms. The minimum absolute atomic E-state index is 0.0882. The molecule has 2 N–H and O–H groups in total. The summed E-state index contributed by atoms with van der Waals surface area (Å²) >= 11 is 0. The standard InChI is InChI=1S/C22H23F3N4O2/c1-2-14-5-7-15(8-6-14)18-11-19(22(23,24)25)29-21(28-18)16(12-27-29)10-20(30)26-13-17-4-3-9-31-17/h3-9,12,18-19,28H,2,10-11,13H2,1H3,(H,26,30)/t18-,19+/m1/s1. The van der Waals surface area contributed by atoms with Crippen LogP contribution in [0.25, 0.3) is 0 Å². The average molecular weight is 432 g/mol. The summed E-state index contributed by atoms with van der Waals surface area (Å²) in [6.07, 6.45) is -1.03. The van der Waals surface area contributed by atoms with E-state index in [-0.39, 0.29) is 31.1 Å². The number of amides is 1. The molecule has 0 saturated heterocycles.